The van der Waals surface area contributed by atoms with Crippen molar-refractivity contribution in [1.82, 2.24) is 15.0 Å². The van der Waals surface area contributed by atoms with Gasteiger partial charge >= 0.3 is 0 Å². The minimum Gasteiger partial charge on any atom is -0.236 e. The number of hydrogen-bond donors (Lipinski definition) is 0. The first-order valence-corrected chi connectivity index (χ1v) is 13.7. The van der Waals surface area contributed by atoms with Crippen LogP contribution in [0.4, 0.5) is 0 Å². The molecule has 0 aliphatic heterocycles. The summed E-state index contributed by atoms with van der Waals surface area (Å²) in [6.07, 6.45) is 0. The first kappa shape index (κ1) is 23.2. The van der Waals surface area contributed by atoms with Gasteiger partial charge in [-0.3, -0.25) is 0 Å². The van der Waals surface area contributed by atoms with Crippen LogP contribution in [0.3, 0.4) is 0 Å². The number of fused-ring (bicyclic) bond motifs is 1. The van der Waals surface area contributed by atoms with Gasteiger partial charge in [-0.05, 0) is 35.4 Å². The molecule has 2 aromatic heterocycles. The number of aromatic nitrogens is 3. The first-order valence-electron chi connectivity index (χ1n) is 12.9. The number of hydrogen-bond acceptors (Lipinski definition) is 4. The smallest absolute Gasteiger partial charge is 0.160 e. The molecule has 4 heteroatoms. The van der Waals surface area contributed by atoms with Crippen LogP contribution in [0, 0.1) is 0 Å². The molecule has 7 aromatic rings. The highest BCUT2D eigenvalue weighted by atomic mass is 32.1. The van der Waals surface area contributed by atoms with E-state index in [1.54, 1.807) is 11.3 Å². The van der Waals surface area contributed by atoms with E-state index in [-0.39, 0.29) is 0 Å². The number of nitrogens with zero attached hydrogens (tertiary/aromatic N) is 3. The van der Waals surface area contributed by atoms with Crippen LogP contribution in [-0.2, 0) is 0 Å². The lowest BCUT2D eigenvalue weighted by Crippen LogP contribution is -1.95. The van der Waals surface area contributed by atoms with E-state index in [2.05, 4.69) is 97.1 Å². The molecular formula is C35H23N3S. The molecule has 0 saturated carbocycles. The Bertz CT molecular complexity index is 1800. The van der Waals surface area contributed by atoms with E-state index in [0.717, 1.165) is 55.3 Å². The topological polar surface area (TPSA) is 38.7 Å². The summed E-state index contributed by atoms with van der Waals surface area (Å²) in [5.41, 5.74) is 9.41. The number of benzene rings is 5. The Morgan fingerprint density at radius 1 is 0.385 bits per heavy atom. The summed E-state index contributed by atoms with van der Waals surface area (Å²) in [5, 5.41) is 1.04. The molecule has 0 bridgehead atoms. The lowest BCUT2D eigenvalue weighted by Gasteiger charge is -2.10. The molecule has 7 rings (SSSR count). The third kappa shape index (κ3) is 4.74. The van der Waals surface area contributed by atoms with Gasteiger partial charge in [0.2, 0.25) is 0 Å². The van der Waals surface area contributed by atoms with Gasteiger partial charge in [0.1, 0.15) is 5.01 Å². The van der Waals surface area contributed by atoms with Crippen LogP contribution >= 0.6 is 11.3 Å². The zero-order chi connectivity index (χ0) is 26.0. The molecule has 0 aliphatic rings. The van der Waals surface area contributed by atoms with E-state index >= 15 is 0 Å². The lowest BCUT2D eigenvalue weighted by molar-refractivity contribution is 1.18. The third-order valence-electron chi connectivity index (χ3n) is 6.75. The highest BCUT2D eigenvalue weighted by Gasteiger charge is 2.12. The maximum Gasteiger partial charge on any atom is 0.160 e. The molecule has 0 spiro atoms. The average Bonchev–Trinajstić information content (AvgIpc) is 3.47. The Hall–Kier alpha value is -4.93. The second-order valence-electron chi connectivity index (χ2n) is 9.34. The molecular weight excluding hydrogens is 494 g/mol. The van der Waals surface area contributed by atoms with Crippen molar-refractivity contribution >= 4 is 21.6 Å². The highest BCUT2D eigenvalue weighted by Crippen LogP contribution is 2.33. The summed E-state index contributed by atoms with van der Waals surface area (Å²) >= 11 is 1.73. The number of thiazole rings is 1. The fourth-order valence-electron chi connectivity index (χ4n) is 4.73. The zero-order valence-corrected chi connectivity index (χ0v) is 21.8. The van der Waals surface area contributed by atoms with Crippen molar-refractivity contribution in [2.24, 2.45) is 0 Å². The zero-order valence-electron chi connectivity index (χ0n) is 21.0. The second kappa shape index (κ2) is 10.1. The molecule has 2 heterocycles. The van der Waals surface area contributed by atoms with E-state index in [1.165, 1.54) is 4.70 Å². The van der Waals surface area contributed by atoms with Gasteiger partial charge in [-0.2, -0.15) is 0 Å². The van der Waals surface area contributed by atoms with Gasteiger partial charge in [0.15, 0.2) is 5.82 Å². The molecule has 0 N–H and O–H groups in total. The van der Waals surface area contributed by atoms with Crippen LogP contribution in [0.5, 0.6) is 0 Å². The van der Waals surface area contributed by atoms with Crippen molar-refractivity contribution in [2.45, 2.75) is 0 Å². The van der Waals surface area contributed by atoms with E-state index in [1.807, 2.05) is 42.5 Å². The minimum atomic E-state index is 0.713. The standard InChI is InChI=1S/C35H23N3S/c1-3-10-25(11-4-1)31-23-32(26-12-5-2-6-13-26)37-34(36-31)27-20-18-24(19-21-27)28-14-9-15-29(22-28)35-38-30-16-7-8-17-33(30)39-35/h1-23H. The summed E-state index contributed by atoms with van der Waals surface area (Å²) in [5.74, 6) is 0.713. The van der Waals surface area contributed by atoms with Crippen LogP contribution < -0.4 is 0 Å². The van der Waals surface area contributed by atoms with E-state index in [0.29, 0.717) is 5.82 Å². The number of rotatable bonds is 5. The van der Waals surface area contributed by atoms with Crippen LogP contribution in [0.25, 0.3) is 65.8 Å². The molecule has 5 aromatic carbocycles. The predicted octanol–water partition coefficient (Wildman–Crippen LogP) is 9.42. The van der Waals surface area contributed by atoms with Crippen molar-refractivity contribution in [1.29, 1.82) is 0 Å². The molecule has 0 atom stereocenters. The molecule has 0 aliphatic carbocycles. The Morgan fingerprint density at radius 3 is 1.62 bits per heavy atom. The quantitative estimate of drug-likeness (QED) is 0.228. The number of para-hydroxylation sites is 1. The van der Waals surface area contributed by atoms with Gasteiger partial charge in [0.05, 0.1) is 21.6 Å². The van der Waals surface area contributed by atoms with Crippen LogP contribution in [0.15, 0.2) is 140 Å². The summed E-state index contributed by atoms with van der Waals surface area (Å²) in [7, 11) is 0. The van der Waals surface area contributed by atoms with Crippen LogP contribution in [0.2, 0.25) is 0 Å². The summed E-state index contributed by atoms with van der Waals surface area (Å²) < 4.78 is 1.20. The van der Waals surface area contributed by atoms with E-state index in [4.69, 9.17) is 15.0 Å². The van der Waals surface area contributed by atoms with Crippen LogP contribution in [0.1, 0.15) is 0 Å². The summed E-state index contributed by atoms with van der Waals surface area (Å²) in [6.45, 7) is 0. The van der Waals surface area contributed by atoms with Gasteiger partial charge in [-0.25, -0.2) is 15.0 Å². The maximum atomic E-state index is 4.96. The Labute approximate surface area is 231 Å². The lowest BCUT2D eigenvalue weighted by atomic mass is 10.0. The highest BCUT2D eigenvalue weighted by molar-refractivity contribution is 7.21. The van der Waals surface area contributed by atoms with Gasteiger partial charge in [0, 0.05) is 22.3 Å². The van der Waals surface area contributed by atoms with Crippen molar-refractivity contribution in [3.63, 3.8) is 0 Å². The SMILES string of the molecule is c1ccc(-c2cc(-c3ccccc3)nc(-c3ccc(-c4cccc(-c5nc6ccccc6s5)c4)cc3)n2)cc1. The van der Waals surface area contributed by atoms with E-state index in [9.17, 15) is 0 Å². The fraction of sp³-hybridized carbons (Fsp3) is 0. The van der Waals surface area contributed by atoms with Gasteiger partial charge in [-0.15, -0.1) is 11.3 Å². The van der Waals surface area contributed by atoms with Crippen molar-refractivity contribution < 1.29 is 0 Å². The largest absolute Gasteiger partial charge is 0.236 e. The Morgan fingerprint density at radius 2 is 0.949 bits per heavy atom. The maximum absolute atomic E-state index is 4.96. The fourth-order valence-corrected chi connectivity index (χ4v) is 5.69. The minimum absolute atomic E-state index is 0.713. The van der Waals surface area contributed by atoms with Gasteiger partial charge in [-0.1, -0.05) is 115 Å². The summed E-state index contributed by atoms with van der Waals surface area (Å²) in [6, 6.07) is 48.0. The molecule has 0 amide bonds. The third-order valence-corrected chi connectivity index (χ3v) is 7.83. The molecule has 0 unspecified atom stereocenters. The van der Waals surface area contributed by atoms with Gasteiger partial charge < -0.3 is 0 Å². The monoisotopic (exact) mass is 517 g/mol. The molecule has 39 heavy (non-hydrogen) atoms. The normalized spacial score (nSPS) is 11.1. The molecule has 184 valence electrons. The predicted molar refractivity (Wildman–Crippen MR) is 162 cm³/mol. The molecule has 0 radical (unpaired) electrons. The van der Waals surface area contributed by atoms with Crippen LogP contribution in [-0.4, -0.2) is 15.0 Å². The van der Waals surface area contributed by atoms with Crippen molar-refractivity contribution in [3.8, 4) is 55.6 Å². The van der Waals surface area contributed by atoms with Gasteiger partial charge in [0.25, 0.3) is 0 Å². The second-order valence-corrected chi connectivity index (χ2v) is 10.4. The van der Waals surface area contributed by atoms with Crippen molar-refractivity contribution in [2.75, 3.05) is 0 Å². The average molecular weight is 518 g/mol. The molecule has 0 saturated heterocycles. The Balaban J connectivity index is 1.25. The van der Waals surface area contributed by atoms with E-state index < -0.39 is 0 Å². The first-order chi connectivity index (χ1) is 19.3. The molecule has 0 fully saturated rings. The van der Waals surface area contributed by atoms with Crippen molar-refractivity contribution in [3.05, 3.63) is 140 Å². The molecule has 3 nitrogen and oxygen atoms in total. The summed E-state index contributed by atoms with van der Waals surface area (Å²) in [4.78, 5) is 14.8. The Kier molecular flexibility index (Phi) is 6.00.